The van der Waals surface area contributed by atoms with Gasteiger partial charge in [-0.25, -0.2) is 13.8 Å². The highest BCUT2D eigenvalue weighted by Crippen LogP contribution is 2.30. The van der Waals surface area contributed by atoms with Crippen LogP contribution >= 0.6 is 0 Å². The van der Waals surface area contributed by atoms with Gasteiger partial charge in [-0.15, -0.1) is 0 Å². The summed E-state index contributed by atoms with van der Waals surface area (Å²) in [6, 6.07) is 5.19. The van der Waals surface area contributed by atoms with Gasteiger partial charge in [0.05, 0.1) is 0 Å². The van der Waals surface area contributed by atoms with Gasteiger partial charge >= 0.3 is 0 Å². The molecule has 0 fully saturated rings. The molecule has 0 spiro atoms. The number of halogens is 2. The van der Waals surface area contributed by atoms with Crippen molar-refractivity contribution >= 4 is 11.7 Å². The third kappa shape index (κ3) is 5.49. The Hall–Kier alpha value is -2.54. The number of carbonyl (C=O) groups excluding carboxylic acids is 1. The Bertz CT molecular complexity index is 758. The van der Waals surface area contributed by atoms with Gasteiger partial charge in [0.2, 0.25) is 5.91 Å². The average molecular weight is 363 g/mol. The summed E-state index contributed by atoms with van der Waals surface area (Å²) in [5, 5.41) is 2.53. The SMILES string of the molecule is CC(=O)Nc1cc(-c2cc(F)c(OC[C@@H](N)CC(C)C)c(F)c2)ccn1. The lowest BCUT2D eigenvalue weighted by Gasteiger charge is -2.16. The molecule has 3 N–H and O–H groups in total. The minimum Gasteiger partial charge on any atom is -0.486 e. The van der Waals surface area contributed by atoms with Crippen LogP contribution < -0.4 is 15.8 Å². The lowest BCUT2D eigenvalue weighted by Crippen LogP contribution is -2.29. The molecule has 1 aromatic carbocycles. The third-order valence-electron chi connectivity index (χ3n) is 3.61. The van der Waals surface area contributed by atoms with E-state index in [9.17, 15) is 13.6 Å². The molecule has 0 aliphatic heterocycles. The monoisotopic (exact) mass is 363 g/mol. The second kappa shape index (κ2) is 8.71. The number of aromatic nitrogens is 1. The first-order valence-corrected chi connectivity index (χ1v) is 8.37. The van der Waals surface area contributed by atoms with Crippen molar-refractivity contribution in [1.82, 2.24) is 4.98 Å². The second-order valence-electron chi connectivity index (χ2n) is 6.58. The van der Waals surface area contributed by atoms with E-state index in [4.69, 9.17) is 10.5 Å². The minimum atomic E-state index is -0.811. The predicted molar refractivity (Wildman–Crippen MR) is 96.8 cm³/mol. The van der Waals surface area contributed by atoms with Gasteiger partial charge in [-0.3, -0.25) is 4.79 Å². The number of nitrogens with zero attached hydrogens (tertiary/aromatic N) is 1. The van der Waals surface area contributed by atoms with Crippen LogP contribution in [0.2, 0.25) is 0 Å². The van der Waals surface area contributed by atoms with E-state index in [1.165, 1.54) is 31.3 Å². The van der Waals surface area contributed by atoms with Crippen LogP contribution in [0.1, 0.15) is 27.2 Å². The van der Waals surface area contributed by atoms with Crippen molar-refractivity contribution in [2.75, 3.05) is 11.9 Å². The van der Waals surface area contributed by atoms with E-state index in [2.05, 4.69) is 10.3 Å². The van der Waals surface area contributed by atoms with Gasteiger partial charge in [-0.2, -0.15) is 0 Å². The maximum atomic E-state index is 14.3. The molecule has 0 bridgehead atoms. The molecule has 1 amide bonds. The van der Waals surface area contributed by atoms with Gasteiger partial charge in [0.1, 0.15) is 12.4 Å². The number of amides is 1. The fourth-order valence-corrected chi connectivity index (χ4v) is 2.59. The van der Waals surface area contributed by atoms with Crippen molar-refractivity contribution in [1.29, 1.82) is 0 Å². The lowest BCUT2D eigenvalue weighted by molar-refractivity contribution is -0.114. The van der Waals surface area contributed by atoms with Crippen molar-refractivity contribution in [3.63, 3.8) is 0 Å². The Morgan fingerprint density at radius 3 is 2.46 bits per heavy atom. The fourth-order valence-electron chi connectivity index (χ4n) is 2.59. The van der Waals surface area contributed by atoms with Gasteiger partial charge in [0.25, 0.3) is 0 Å². The Balaban J connectivity index is 2.20. The van der Waals surface area contributed by atoms with E-state index in [-0.39, 0.29) is 18.6 Å². The van der Waals surface area contributed by atoms with Crippen LogP contribution in [-0.4, -0.2) is 23.5 Å². The molecule has 1 atom stereocenters. The first-order chi connectivity index (χ1) is 12.3. The average Bonchev–Trinajstić information content (AvgIpc) is 2.52. The molecule has 7 heteroatoms. The largest absolute Gasteiger partial charge is 0.486 e. The van der Waals surface area contributed by atoms with Gasteiger partial charge in [-0.05, 0) is 47.7 Å². The van der Waals surface area contributed by atoms with Crippen LogP contribution in [0.25, 0.3) is 11.1 Å². The predicted octanol–water partition coefficient (Wildman–Crippen LogP) is 3.74. The van der Waals surface area contributed by atoms with Gasteiger partial charge in [0, 0.05) is 19.2 Å². The summed E-state index contributed by atoms with van der Waals surface area (Å²) in [5.41, 5.74) is 6.72. The molecule has 140 valence electrons. The Kier molecular flexibility index (Phi) is 6.63. The lowest BCUT2D eigenvalue weighted by atomic mass is 10.1. The zero-order valence-corrected chi connectivity index (χ0v) is 15.1. The summed E-state index contributed by atoms with van der Waals surface area (Å²) in [6.07, 6.45) is 2.15. The smallest absolute Gasteiger partial charge is 0.222 e. The second-order valence-corrected chi connectivity index (χ2v) is 6.58. The van der Waals surface area contributed by atoms with Crippen LogP contribution in [0.4, 0.5) is 14.6 Å². The van der Waals surface area contributed by atoms with Crippen molar-refractivity contribution in [2.45, 2.75) is 33.2 Å². The highest BCUT2D eigenvalue weighted by molar-refractivity contribution is 5.88. The fraction of sp³-hybridized carbons (Fsp3) is 0.368. The first-order valence-electron chi connectivity index (χ1n) is 8.37. The molecule has 0 aliphatic rings. The maximum Gasteiger partial charge on any atom is 0.222 e. The molecule has 0 unspecified atom stereocenters. The molecule has 26 heavy (non-hydrogen) atoms. The molecule has 1 aromatic heterocycles. The summed E-state index contributed by atoms with van der Waals surface area (Å²) < 4.78 is 33.9. The number of ether oxygens (including phenoxy) is 1. The summed E-state index contributed by atoms with van der Waals surface area (Å²) in [4.78, 5) is 15.1. The van der Waals surface area contributed by atoms with Crippen LogP contribution in [-0.2, 0) is 4.79 Å². The molecule has 0 saturated carbocycles. The highest BCUT2D eigenvalue weighted by atomic mass is 19.1. The topological polar surface area (TPSA) is 77.2 Å². The molecule has 1 heterocycles. The number of nitrogens with one attached hydrogen (secondary N) is 1. The van der Waals surface area contributed by atoms with Crippen LogP contribution in [0.5, 0.6) is 5.75 Å². The zero-order valence-electron chi connectivity index (χ0n) is 15.1. The van der Waals surface area contributed by atoms with E-state index < -0.39 is 17.4 Å². The van der Waals surface area contributed by atoms with Crippen molar-refractivity contribution < 1.29 is 18.3 Å². The van der Waals surface area contributed by atoms with Crippen LogP contribution in [0, 0.1) is 17.6 Å². The summed E-state index contributed by atoms with van der Waals surface area (Å²) in [6.45, 7) is 5.41. The van der Waals surface area contributed by atoms with Crippen molar-refractivity contribution in [2.24, 2.45) is 11.7 Å². The highest BCUT2D eigenvalue weighted by Gasteiger charge is 2.16. The molecule has 2 rings (SSSR count). The number of hydrogen-bond acceptors (Lipinski definition) is 4. The van der Waals surface area contributed by atoms with E-state index in [0.29, 0.717) is 29.3 Å². The van der Waals surface area contributed by atoms with E-state index >= 15 is 0 Å². The number of carbonyl (C=O) groups is 1. The number of benzene rings is 1. The normalized spacial score (nSPS) is 12.1. The standard InChI is InChI=1S/C19H23F2N3O2/c1-11(2)6-15(22)10-26-19-16(20)7-14(8-17(19)21)13-4-5-23-18(9-13)24-12(3)25/h4-5,7-9,11,15H,6,10,22H2,1-3H3,(H,23,24,25)/t15-/m0/s1. The van der Waals surface area contributed by atoms with Crippen LogP contribution in [0.3, 0.4) is 0 Å². The van der Waals surface area contributed by atoms with E-state index in [0.717, 1.165) is 0 Å². The molecule has 2 aromatic rings. The summed E-state index contributed by atoms with van der Waals surface area (Å²) in [5.74, 6) is -1.67. The third-order valence-corrected chi connectivity index (χ3v) is 3.61. The Morgan fingerprint density at radius 1 is 1.23 bits per heavy atom. The Labute approximate surface area is 151 Å². The first kappa shape index (κ1) is 19.8. The van der Waals surface area contributed by atoms with Crippen molar-refractivity contribution in [3.05, 3.63) is 42.1 Å². The number of hydrogen-bond donors (Lipinski definition) is 2. The molecule has 0 aliphatic carbocycles. The van der Waals surface area contributed by atoms with Crippen molar-refractivity contribution in [3.8, 4) is 16.9 Å². The number of pyridine rings is 1. The maximum absolute atomic E-state index is 14.3. The molecular formula is C19H23F2N3O2. The minimum absolute atomic E-state index is 0.0350. The number of anilines is 1. The quantitative estimate of drug-likeness (QED) is 0.786. The zero-order chi connectivity index (χ0) is 19.3. The van der Waals surface area contributed by atoms with E-state index in [1.54, 1.807) is 6.07 Å². The van der Waals surface area contributed by atoms with Gasteiger partial charge < -0.3 is 15.8 Å². The van der Waals surface area contributed by atoms with Gasteiger partial charge in [0.15, 0.2) is 17.4 Å². The molecule has 0 saturated heterocycles. The van der Waals surface area contributed by atoms with E-state index in [1.807, 2.05) is 13.8 Å². The summed E-state index contributed by atoms with van der Waals surface area (Å²) >= 11 is 0. The molecule has 5 nitrogen and oxygen atoms in total. The number of rotatable bonds is 7. The Morgan fingerprint density at radius 2 is 1.88 bits per heavy atom. The van der Waals surface area contributed by atoms with Gasteiger partial charge in [-0.1, -0.05) is 13.8 Å². The molecular weight excluding hydrogens is 340 g/mol. The molecule has 0 radical (unpaired) electrons. The summed E-state index contributed by atoms with van der Waals surface area (Å²) in [7, 11) is 0. The van der Waals surface area contributed by atoms with Crippen LogP contribution in [0.15, 0.2) is 30.5 Å². The number of nitrogens with two attached hydrogens (primary N) is 1.